The van der Waals surface area contributed by atoms with Crippen LogP contribution in [0.25, 0.3) is 0 Å². The highest BCUT2D eigenvalue weighted by Crippen LogP contribution is 2.14. The fraction of sp³-hybridized carbons (Fsp3) is 0.714. The number of hydroxylamine groups is 2. The van der Waals surface area contributed by atoms with Gasteiger partial charge in [-0.15, -0.1) is 5.12 Å². The van der Waals surface area contributed by atoms with Gasteiger partial charge in [-0.25, -0.2) is 4.79 Å². The van der Waals surface area contributed by atoms with E-state index in [4.69, 9.17) is 0 Å². The molecule has 0 aliphatic carbocycles. The third-order valence-corrected chi connectivity index (χ3v) is 2.01. The van der Waals surface area contributed by atoms with Gasteiger partial charge >= 0.3 is 5.91 Å². The molecule has 0 saturated carbocycles. The predicted octanol–water partition coefficient (Wildman–Crippen LogP) is -0.481. The van der Waals surface area contributed by atoms with Crippen molar-refractivity contribution in [2.24, 2.45) is 0 Å². The molecule has 1 saturated heterocycles. The van der Waals surface area contributed by atoms with Gasteiger partial charge in [0.1, 0.15) is 6.54 Å². The number of nitrogens with one attached hydrogen (secondary N) is 1. The zero-order valence-electron chi connectivity index (χ0n) is 7.74. The minimum atomic E-state index is -1.21. The third kappa shape index (κ3) is 1.69. The average molecular weight is 187 g/mol. The molecule has 1 aliphatic heterocycles. The molecule has 0 radical (unpaired) electrons. The number of hydrogen-bond donors (Lipinski definition) is 1. The lowest BCUT2D eigenvalue weighted by Gasteiger charge is -2.47. The summed E-state index contributed by atoms with van der Waals surface area (Å²) in [6.07, 6.45) is 0.590. The number of carbonyl (C=O) groups is 2. The Morgan fingerprint density at radius 2 is 2.08 bits per heavy atom. The Labute approximate surface area is 76.2 Å². The van der Waals surface area contributed by atoms with Crippen molar-refractivity contribution in [3.8, 4) is 0 Å². The van der Waals surface area contributed by atoms with E-state index in [1.165, 1.54) is 13.8 Å². The quantitative estimate of drug-likeness (QED) is 0.410. The molecular weight excluding hydrogens is 174 g/mol. The van der Waals surface area contributed by atoms with Crippen LogP contribution in [0.4, 0.5) is 0 Å². The van der Waals surface area contributed by atoms with Crippen LogP contribution in [0.1, 0.15) is 20.3 Å². The minimum absolute atomic E-state index is 0.127. The highest BCUT2D eigenvalue weighted by Gasteiger charge is 2.36. The van der Waals surface area contributed by atoms with E-state index >= 15 is 0 Å². The van der Waals surface area contributed by atoms with Crippen LogP contribution in [0.3, 0.4) is 0 Å². The van der Waals surface area contributed by atoms with Gasteiger partial charge in [0.2, 0.25) is 0 Å². The summed E-state index contributed by atoms with van der Waals surface area (Å²) in [5.74, 6) is -1.02. The fourth-order valence-corrected chi connectivity index (χ4v) is 1.33. The zero-order valence-corrected chi connectivity index (χ0v) is 7.74. The maximum atomic E-state index is 11.8. The second-order valence-electron chi connectivity index (χ2n) is 3.04. The molecule has 13 heavy (non-hydrogen) atoms. The Bertz CT molecular complexity index is 243. The molecule has 0 aromatic rings. The van der Waals surface area contributed by atoms with Crippen molar-refractivity contribution in [1.29, 1.82) is 0 Å². The standard InChI is InChI=1S/C7H13N3O3/c1-6(11)9-8-4-3-5-10(9,13)7(2)12/h8H,3-5H2,1-2H3. The van der Waals surface area contributed by atoms with E-state index < -0.39 is 16.6 Å². The second-order valence-corrected chi connectivity index (χ2v) is 3.04. The summed E-state index contributed by atoms with van der Waals surface area (Å²) < 4.78 is -1.21. The fourth-order valence-electron chi connectivity index (χ4n) is 1.33. The van der Waals surface area contributed by atoms with Gasteiger partial charge in [-0.2, -0.15) is 10.2 Å². The molecule has 0 bridgehead atoms. The lowest BCUT2D eigenvalue weighted by atomic mass is 10.3. The number of carbonyl (C=O) groups excluding carboxylic acids is 2. The Kier molecular flexibility index (Phi) is 2.65. The first-order valence-electron chi connectivity index (χ1n) is 4.13. The van der Waals surface area contributed by atoms with Crippen molar-refractivity contribution in [3.05, 3.63) is 5.21 Å². The Morgan fingerprint density at radius 3 is 2.46 bits per heavy atom. The van der Waals surface area contributed by atoms with E-state index in [2.05, 4.69) is 5.43 Å². The molecule has 1 fully saturated rings. The maximum absolute atomic E-state index is 11.8. The Morgan fingerprint density at radius 1 is 1.46 bits per heavy atom. The maximum Gasteiger partial charge on any atom is 0.336 e. The first kappa shape index (κ1) is 10.1. The Balaban J connectivity index is 2.89. The van der Waals surface area contributed by atoms with Gasteiger partial charge in [-0.05, 0) is 0 Å². The summed E-state index contributed by atoms with van der Waals surface area (Å²) in [5.41, 5.74) is 2.61. The highest BCUT2D eigenvalue weighted by molar-refractivity contribution is 5.74. The smallest absolute Gasteiger partial charge is 0.336 e. The van der Waals surface area contributed by atoms with Crippen molar-refractivity contribution in [1.82, 2.24) is 10.5 Å². The molecule has 6 nitrogen and oxygen atoms in total. The molecular formula is C7H13N3O3. The van der Waals surface area contributed by atoms with E-state index in [-0.39, 0.29) is 6.54 Å². The van der Waals surface area contributed by atoms with E-state index in [9.17, 15) is 14.8 Å². The van der Waals surface area contributed by atoms with Crippen molar-refractivity contribution >= 4 is 11.8 Å². The lowest BCUT2D eigenvalue weighted by Crippen LogP contribution is -2.69. The second kappa shape index (κ2) is 3.41. The van der Waals surface area contributed by atoms with Gasteiger partial charge in [0.25, 0.3) is 5.91 Å². The number of rotatable bonds is 0. The highest BCUT2D eigenvalue weighted by atomic mass is 16.6. The number of quaternary nitrogens is 1. The molecule has 0 spiro atoms. The van der Waals surface area contributed by atoms with Crippen LogP contribution in [0.2, 0.25) is 0 Å². The molecule has 1 rings (SSSR count). The number of nitrogens with zero attached hydrogens (tertiary/aromatic N) is 2. The van der Waals surface area contributed by atoms with Crippen molar-refractivity contribution < 1.29 is 14.3 Å². The van der Waals surface area contributed by atoms with E-state index in [1.54, 1.807) is 0 Å². The number of amides is 2. The van der Waals surface area contributed by atoms with Gasteiger partial charge in [0.05, 0.1) is 6.92 Å². The summed E-state index contributed by atoms with van der Waals surface area (Å²) >= 11 is 0. The number of hydrazine groups is 1. The van der Waals surface area contributed by atoms with Crippen LogP contribution in [0, 0.1) is 5.21 Å². The van der Waals surface area contributed by atoms with Crippen LogP contribution < -0.4 is 5.43 Å². The van der Waals surface area contributed by atoms with Gasteiger partial charge < -0.3 is 5.21 Å². The van der Waals surface area contributed by atoms with Gasteiger partial charge in [0, 0.05) is 19.9 Å². The molecule has 0 aromatic heterocycles. The van der Waals surface area contributed by atoms with Crippen LogP contribution in [-0.2, 0) is 9.59 Å². The van der Waals surface area contributed by atoms with Crippen molar-refractivity contribution in [2.75, 3.05) is 13.1 Å². The van der Waals surface area contributed by atoms with Crippen LogP contribution in [0.5, 0.6) is 0 Å². The largest absolute Gasteiger partial charge is 0.598 e. The molecule has 1 aliphatic rings. The molecule has 2 amide bonds. The molecule has 1 atom stereocenters. The monoisotopic (exact) mass is 187 g/mol. The minimum Gasteiger partial charge on any atom is -0.598 e. The van der Waals surface area contributed by atoms with Gasteiger partial charge in [0.15, 0.2) is 0 Å². The van der Waals surface area contributed by atoms with E-state index in [0.717, 1.165) is 5.12 Å². The molecule has 0 aromatic carbocycles. The van der Waals surface area contributed by atoms with Crippen LogP contribution in [-0.4, -0.2) is 34.8 Å². The molecule has 74 valence electrons. The van der Waals surface area contributed by atoms with Gasteiger partial charge in [-0.1, -0.05) is 0 Å². The number of hydrogen-bond acceptors (Lipinski definition) is 4. The summed E-state index contributed by atoms with van der Waals surface area (Å²) in [5, 5.41) is 12.7. The topological polar surface area (TPSA) is 72.5 Å². The predicted molar refractivity (Wildman–Crippen MR) is 44.3 cm³/mol. The summed E-state index contributed by atoms with van der Waals surface area (Å²) in [6, 6.07) is 0. The first-order valence-corrected chi connectivity index (χ1v) is 4.13. The zero-order chi connectivity index (χ0) is 10.1. The van der Waals surface area contributed by atoms with Crippen LogP contribution >= 0.6 is 0 Å². The van der Waals surface area contributed by atoms with E-state index in [0.29, 0.717) is 13.0 Å². The first-order chi connectivity index (χ1) is 5.98. The van der Waals surface area contributed by atoms with Crippen molar-refractivity contribution in [2.45, 2.75) is 20.3 Å². The van der Waals surface area contributed by atoms with Crippen LogP contribution in [0.15, 0.2) is 0 Å². The SMILES string of the molecule is CC(=O)N1NCCC[N+]1([O-])C(C)=O. The molecule has 6 heteroatoms. The third-order valence-electron chi connectivity index (χ3n) is 2.01. The molecule has 1 N–H and O–H groups in total. The average Bonchev–Trinajstić information content (AvgIpc) is 2.04. The molecule has 1 unspecified atom stereocenters. The summed E-state index contributed by atoms with van der Waals surface area (Å²) in [6.45, 7) is 3.12. The normalized spacial score (nSPS) is 28.7. The van der Waals surface area contributed by atoms with Gasteiger partial charge in [-0.3, -0.25) is 4.79 Å². The molecule has 1 heterocycles. The lowest BCUT2D eigenvalue weighted by molar-refractivity contribution is -0.925. The Hall–Kier alpha value is -0.980. The van der Waals surface area contributed by atoms with E-state index in [1.807, 2.05) is 0 Å². The summed E-state index contributed by atoms with van der Waals surface area (Å²) in [4.78, 5) is 22.1. The van der Waals surface area contributed by atoms with Crippen molar-refractivity contribution in [3.63, 3.8) is 0 Å². The summed E-state index contributed by atoms with van der Waals surface area (Å²) in [7, 11) is 0.